The number of nitrogen functional groups attached to an aromatic ring is 1. The van der Waals surface area contributed by atoms with E-state index in [0.717, 1.165) is 17.9 Å². The Hall–Kier alpha value is -1.22. The predicted molar refractivity (Wildman–Crippen MR) is 73.9 cm³/mol. The average molecular weight is 232 g/mol. The first-order valence-electron chi connectivity index (χ1n) is 6.48. The normalized spacial score (nSPS) is 16.9. The van der Waals surface area contributed by atoms with Crippen molar-refractivity contribution < 1.29 is 0 Å². The number of para-hydroxylation sites is 2. The van der Waals surface area contributed by atoms with E-state index in [2.05, 4.69) is 16.6 Å². The Bertz CT molecular complexity index is 332. The maximum atomic E-state index is 5.87. The van der Waals surface area contributed by atoms with Crippen molar-refractivity contribution >= 4 is 11.4 Å². The number of hydrogen-bond donors (Lipinski definition) is 2. The Morgan fingerprint density at radius 2 is 1.94 bits per heavy atom. The molecule has 3 heteroatoms. The molecular weight excluding hydrogens is 210 g/mol. The van der Waals surface area contributed by atoms with Crippen LogP contribution in [-0.4, -0.2) is 31.1 Å². The maximum absolute atomic E-state index is 5.87. The largest absolute Gasteiger partial charge is 0.397 e. The molecular formula is C14H22N3. The van der Waals surface area contributed by atoms with Crippen LogP contribution in [0.4, 0.5) is 11.4 Å². The lowest BCUT2D eigenvalue weighted by Gasteiger charge is -2.26. The molecule has 93 valence electrons. The van der Waals surface area contributed by atoms with Gasteiger partial charge in [0.05, 0.1) is 11.4 Å². The third-order valence-corrected chi connectivity index (χ3v) is 3.23. The van der Waals surface area contributed by atoms with E-state index in [9.17, 15) is 0 Å². The van der Waals surface area contributed by atoms with Crippen molar-refractivity contribution in [3.8, 4) is 0 Å². The van der Waals surface area contributed by atoms with Gasteiger partial charge < -0.3 is 16.0 Å². The van der Waals surface area contributed by atoms with Gasteiger partial charge in [-0.15, -0.1) is 0 Å². The van der Waals surface area contributed by atoms with Crippen molar-refractivity contribution in [1.29, 1.82) is 0 Å². The summed E-state index contributed by atoms with van der Waals surface area (Å²) in [5, 5.41) is 3.39. The molecule has 1 radical (unpaired) electrons. The van der Waals surface area contributed by atoms with Gasteiger partial charge >= 0.3 is 0 Å². The third kappa shape index (κ3) is 3.93. The van der Waals surface area contributed by atoms with E-state index in [1.54, 1.807) is 0 Å². The number of nitrogens with one attached hydrogen (secondary N) is 1. The van der Waals surface area contributed by atoms with Crippen LogP contribution >= 0.6 is 0 Å². The highest BCUT2D eigenvalue weighted by Gasteiger charge is 2.08. The van der Waals surface area contributed by atoms with Crippen LogP contribution < -0.4 is 11.1 Å². The number of benzene rings is 1. The van der Waals surface area contributed by atoms with Crippen molar-refractivity contribution in [3.63, 3.8) is 0 Å². The molecule has 1 aromatic rings. The maximum Gasteiger partial charge on any atom is 0.0573 e. The van der Waals surface area contributed by atoms with Gasteiger partial charge in [0.25, 0.3) is 0 Å². The standard InChI is InChI=1S/C14H22N3/c15-13-7-2-3-8-14(13)16-9-6-12-17-10-4-1-5-11-17/h1-3,7-8,16H,4-6,9-12,15H2. The van der Waals surface area contributed by atoms with Crippen LogP contribution in [0, 0.1) is 6.42 Å². The fourth-order valence-corrected chi connectivity index (χ4v) is 2.21. The first kappa shape index (κ1) is 12.2. The molecule has 0 saturated carbocycles. The minimum Gasteiger partial charge on any atom is -0.397 e. The van der Waals surface area contributed by atoms with Gasteiger partial charge in [-0.05, 0) is 57.5 Å². The summed E-state index contributed by atoms with van der Waals surface area (Å²) in [5.41, 5.74) is 7.76. The smallest absolute Gasteiger partial charge is 0.0573 e. The molecule has 0 bridgehead atoms. The van der Waals surface area contributed by atoms with E-state index in [0.29, 0.717) is 0 Å². The summed E-state index contributed by atoms with van der Waals surface area (Å²) in [5.74, 6) is 0. The highest BCUT2D eigenvalue weighted by Crippen LogP contribution is 2.16. The van der Waals surface area contributed by atoms with E-state index in [1.807, 2.05) is 24.3 Å². The average Bonchev–Trinajstić information content (AvgIpc) is 2.38. The Kier molecular flexibility index (Phi) is 4.68. The lowest BCUT2D eigenvalue weighted by atomic mass is 10.1. The second-order valence-electron chi connectivity index (χ2n) is 4.58. The lowest BCUT2D eigenvalue weighted by molar-refractivity contribution is 0.253. The van der Waals surface area contributed by atoms with E-state index >= 15 is 0 Å². The van der Waals surface area contributed by atoms with Crippen LogP contribution in [0.5, 0.6) is 0 Å². The number of hydrogen-bond acceptors (Lipinski definition) is 3. The summed E-state index contributed by atoms with van der Waals surface area (Å²) in [7, 11) is 0. The van der Waals surface area contributed by atoms with Gasteiger partial charge in [-0.3, -0.25) is 0 Å². The van der Waals surface area contributed by atoms with Crippen LogP contribution in [0.3, 0.4) is 0 Å². The summed E-state index contributed by atoms with van der Waals surface area (Å²) < 4.78 is 0. The number of likely N-dealkylation sites (tertiary alicyclic amines) is 1. The molecule has 0 unspecified atom stereocenters. The van der Waals surface area contributed by atoms with Crippen LogP contribution in [0.1, 0.15) is 19.3 Å². The molecule has 1 aliphatic rings. The Morgan fingerprint density at radius 1 is 1.18 bits per heavy atom. The molecule has 3 nitrogen and oxygen atoms in total. The zero-order valence-electron chi connectivity index (χ0n) is 10.4. The second-order valence-corrected chi connectivity index (χ2v) is 4.58. The molecule has 2 rings (SSSR count). The summed E-state index contributed by atoms with van der Waals surface area (Å²) >= 11 is 0. The quantitative estimate of drug-likeness (QED) is 0.605. The van der Waals surface area contributed by atoms with Crippen molar-refractivity contribution in [3.05, 3.63) is 30.7 Å². The van der Waals surface area contributed by atoms with E-state index in [1.165, 1.54) is 38.9 Å². The fourth-order valence-electron chi connectivity index (χ4n) is 2.21. The SMILES string of the molecule is Nc1ccccc1NCCCN1CC[CH]CC1. The minimum atomic E-state index is 0.833. The number of nitrogens with two attached hydrogens (primary N) is 1. The van der Waals surface area contributed by atoms with E-state index in [4.69, 9.17) is 5.73 Å². The molecule has 1 heterocycles. The molecule has 0 spiro atoms. The zero-order valence-corrected chi connectivity index (χ0v) is 10.4. The first-order chi connectivity index (χ1) is 8.36. The molecule has 0 amide bonds. The summed E-state index contributed by atoms with van der Waals surface area (Å²) in [6.07, 6.45) is 6.06. The molecule has 1 aliphatic heterocycles. The number of anilines is 2. The predicted octanol–water partition coefficient (Wildman–Crippen LogP) is 2.37. The summed E-state index contributed by atoms with van der Waals surface area (Å²) in [6, 6.07) is 7.94. The number of piperidine rings is 1. The lowest BCUT2D eigenvalue weighted by Crippen LogP contribution is -2.31. The first-order valence-corrected chi connectivity index (χ1v) is 6.48. The minimum absolute atomic E-state index is 0.833. The van der Waals surface area contributed by atoms with Crippen molar-refractivity contribution in [1.82, 2.24) is 4.90 Å². The van der Waals surface area contributed by atoms with Gasteiger partial charge in [0, 0.05) is 6.54 Å². The van der Waals surface area contributed by atoms with Crippen LogP contribution in [-0.2, 0) is 0 Å². The highest BCUT2D eigenvalue weighted by molar-refractivity contribution is 5.65. The molecule has 1 fully saturated rings. The molecule has 3 N–H and O–H groups in total. The van der Waals surface area contributed by atoms with Gasteiger partial charge in [0.15, 0.2) is 0 Å². The molecule has 0 aromatic heterocycles. The third-order valence-electron chi connectivity index (χ3n) is 3.23. The van der Waals surface area contributed by atoms with Gasteiger partial charge in [0.2, 0.25) is 0 Å². The number of nitrogens with zero attached hydrogens (tertiary/aromatic N) is 1. The van der Waals surface area contributed by atoms with Gasteiger partial charge in [-0.1, -0.05) is 12.1 Å². The Balaban J connectivity index is 1.64. The van der Waals surface area contributed by atoms with Gasteiger partial charge in [-0.2, -0.15) is 0 Å². The van der Waals surface area contributed by atoms with E-state index < -0.39 is 0 Å². The van der Waals surface area contributed by atoms with E-state index in [-0.39, 0.29) is 0 Å². The van der Waals surface area contributed by atoms with Crippen LogP contribution in [0.2, 0.25) is 0 Å². The topological polar surface area (TPSA) is 41.3 Å². The summed E-state index contributed by atoms with van der Waals surface area (Å²) in [6.45, 7) is 4.64. The van der Waals surface area contributed by atoms with Crippen molar-refractivity contribution in [2.75, 3.05) is 37.2 Å². The molecule has 1 aromatic carbocycles. The van der Waals surface area contributed by atoms with Gasteiger partial charge in [0.1, 0.15) is 0 Å². The highest BCUT2D eigenvalue weighted by atomic mass is 15.1. The van der Waals surface area contributed by atoms with Crippen LogP contribution in [0.15, 0.2) is 24.3 Å². The molecule has 0 aliphatic carbocycles. The van der Waals surface area contributed by atoms with Crippen molar-refractivity contribution in [2.45, 2.75) is 19.3 Å². The summed E-state index contributed by atoms with van der Waals surface area (Å²) in [4.78, 5) is 2.54. The van der Waals surface area contributed by atoms with Crippen molar-refractivity contribution in [2.24, 2.45) is 0 Å². The molecule has 0 atom stereocenters. The number of rotatable bonds is 5. The zero-order chi connectivity index (χ0) is 11.9. The van der Waals surface area contributed by atoms with Gasteiger partial charge in [-0.25, -0.2) is 0 Å². The Labute approximate surface area is 104 Å². The van der Waals surface area contributed by atoms with Crippen LogP contribution in [0.25, 0.3) is 0 Å². The fraction of sp³-hybridized carbons (Fsp3) is 0.500. The monoisotopic (exact) mass is 232 g/mol. The molecule has 17 heavy (non-hydrogen) atoms. The Morgan fingerprint density at radius 3 is 2.71 bits per heavy atom. The molecule has 1 saturated heterocycles. The second kappa shape index (κ2) is 6.50.